The quantitative estimate of drug-likeness (QED) is 0.180. The molecule has 0 bridgehead atoms. The molecule has 0 aromatic heterocycles. The Hall–Kier alpha value is -2.79. The number of carbonyl (C=O) groups is 2. The van der Waals surface area contributed by atoms with Crippen LogP contribution < -0.4 is 0 Å². The van der Waals surface area contributed by atoms with E-state index in [-0.39, 0.29) is 30.4 Å². The molecule has 7 heteroatoms. The molecule has 1 saturated heterocycles. The lowest BCUT2D eigenvalue weighted by Gasteiger charge is -2.43. The number of amides is 1. The predicted octanol–water partition coefficient (Wildman–Crippen LogP) is 3.54. The first kappa shape index (κ1) is 18.5. The Bertz CT molecular complexity index is 696. The molecule has 2 rings (SSSR count). The Morgan fingerprint density at radius 2 is 2.12 bits per heavy atom. The first-order chi connectivity index (χ1) is 12.1. The summed E-state index contributed by atoms with van der Waals surface area (Å²) >= 11 is 0. The second kappa shape index (κ2) is 8.89. The number of β-lactam (4-membered cyclic amide) rings is 1. The number of ether oxygens (including phenoxy) is 1. The highest BCUT2D eigenvalue weighted by Crippen LogP contribution is 2.40. The van der Waals surface area contributed by atoms with Crippen LogP contribution in [0, 0.1) is 0 Å². The third kappa shape index (κ3) is 4.39. The smallest absolute Gasteiger partial charge is 0.307 e. The molecular formula is C18H22N4O3. The molecule has 1 aliphatic rings. The van der Waals surface area contributed by atoms with Gasteiger partial charge in [-0.05, 0) is 24.4 Å². The Balaban J connectivity index is 2.23. The van der Waals surface area contributed by atoms with Crippen molar-refractivity contribution in [2.24, 2.45) is 5.11 Å². The fraction of sp³-hybridized carbons (Fsp3) is 0.444. The minimum absolute atomic E-state index is 0.134. The maximum Gasteiger partial charge on any atom is 0.307 e. The highest BCUT2D eigenvalue weighted by molar-refractivity contribution is 6.02. The third-order valence-electron chi connectivity index (χ3n) is 4.08. The van der Waals surface area contributed by atoms with Crippen LogP contribution in [0.1, 0.15) is 38.3 Å². The van der Waals surface area contributed by atoms with Crippen LogP contribution in [0.2, 0.25) is 0 Å². The van der Waals surface area contributed by atoms with Gasteiger partial charge in [-0.3, -0.25) is 9.59 Å². The molecule has 1 aliphatic heterocycles. The zero-order valence-electron chi connectivity index (χ0n) is 14.5. The molecule has 7 nitrogen and oxygen atoms in total. The van der Waals surface area contributed by atoms with Gasteiger partial charge in [0.25, 0.3) is 5.91 Å². The second-order valence-electron chi connectivity index (χ2n) is 5.67. The number of azide groups is 1. The number of esters is 1. The molecule has 25 heavy (non-hydrogen) atoms. The molecule has 0 saturated carbocycles. The number of carbonyl (C=O) groups excluding carboxylic acids is 2. The Morgan fingerprint density at radius 1 is 1.40 bits per heavy atom. The average molecular weight is 342 g/mol. The predicted molar refractivity (Wildman–Crippen MR) is 93.5 cm³/mol. The van der Waals surface area contributed by atoms with Gasteiger partial charge in [0.15, 0.2) is 0 Å². The third-order valence-corrected chi connectivity index (χ3v) is 4.08. The van der Waals surface area contributed by atoms with E-state index in [1.54, 1.807) is 17.9 Å². The van der Waals surface area contributed by atoms with E-state index < -0.39 is 0 Å². The molecule has 132 valence electrons. The molecule has 1 aromatic carbocycles. The maximum atomic E-state index is 12.5. The lowest BCUT2D eigenvalue weighted by molar-refractivity contribution is -0.145. The van der Waals surface area contributed by atoms with Gasteiger partial charge in [-0.15, -0.1) is 0 Å². The van der Waals surface area contributed by atoms with Gasteiger partial charge in [0.1, 0.15) is 0 Å². The van der Waals surface area contributed by atoms with Crippen LogP contribution in [-0.4, -0.2) is 36.0 Å². The summed E-state index contributed by atoms with van der Waals surface area (Å²) in [5.74, 6) is -0.454. The standard InChI is InChI=1S/C18H22N4O3/c1-3-14(20-21-19)12-15-17(13-8-6-5-7-9-13)22(18(15)24)11-10-16(23)25-4-2/h5-9,12,14,17H,3-4,10-11H2,1-2H3/b15-12-/t14-,17-/m0/s1. The van der Waals surface area contributed by atoms with Crippen molar-refractivity contribution in [3.05, 3.63) is 58.0 Å². The molecule has 0 aliphatic carbocycles. The van der Waals surface area contributed by atoms with E-state index in [1.807, 2.05) is 37.3 Å². The molecule has 1 aromatic rings. The summed E-state index contributed by atoms with van der Waals surface area (Å²) in [5, 5.41) is 3.71. The monoisotopic (exact) mass is 342 g/mol. The van der Waals surface area contributed by atoms with Gasteiger partial charge in [0.2, 0.25) is 0 Å². The van der Waals surface area contributed by atoms with E-state index in [0.29, 0.717) is 25.1 Å². The van der Waals surface area contributed by atoms with E-state index >= 15 is 0 Å². The number of hydrogen-bond donors (Lipinski definition) is 0. The van der Waals surface area contributed by atoms with E-state index in [0.717, 1.165) is 5.56 Å². The van der Waals surface area contributed by atoms with Crippen molar-refractivity contribution in [3.8, 4) is 0 Å². The Kier molecular flexibility index (Phi) is 6.60. The van der Waals surface area contributed by atoms with Crippen LogP contribution in [-0.2, 0) is 14.3 Å². The maximum absolute atomic E-state index is 12.5. The van der Waals surface area contributed by atoms with Crippen molar-refractivity contribution in [1.82, 2.24) is 4.90 Å². The van der Waals surface area contributed by atoms with Crippen LogP contribution in [0.4, 0.5) is 0 Å². The molecule has 1 amide bonds. The van der Waals surface area contributed by atoms with Crippen molar-refractivity contribution < 1.29 is 14.3 Å². The number of hydrogen-bond acceptors (Lipinski definition) is 4. The Morgan fingerprint density at radius 3 is 2.72 bits per heavy atom. The first-order valence-electron chi connectivity index (χ1n) is 8.39. The second-order valence-corrected chi connectivity index (χ2v) is 5.67. The normalized spacial score (nSPS) is 19.1. The van der Waals surface area contributed by atoms with Gasteiger partial charge < -0.3 is 9.64 Å². The fourth-order valence-electron chi connectivity index (χ4n) is 2.84. The molecule has 0 radical (unpaired) electrons. The number of nitrogens with zero attached hydrogens (tertiary/aromatic N) is 4. The largest absolute Gasteiger partial charge is 0.466 e. The number of likely N-dealkylation sites (tertiary alicyclic amines) is 1. The van der Waals surface area contributed by atoms with Crippen LogP contribution in [0.25, 0.3) is 10.4 Å². The highest BCUT2D eigenvalue weighted by atomic mass is 16.5. The molecule has 0 N–H and O–H groups in total. The summed E-state index contributed by atoms with van der Waals surface area (Å²) in [4.78, 5) is 28.6. The van der Waals surface area contributed by atoms with Crippen molar-refractivity contribution in [2.45, 2.75) is 38.8 Å². The van der Waals surface area contributed by atoms with Crippen LogP contribution in [0.5, 0.6) is 0 Å². The molecule has 0 spiro atoms. The Labute approximate surface area is 146 Å². The summed E-state index contributed by atoms with van der Waals surface area (Å²) in [7, 11) is 0. The summed E-state index contributed by atoms with van der Waals surface area (Å²) in [6, 6.07) is 9.01. The lowest BCUT2D eigenvalue weighted by atomic mass is 9.86. The van der Waals surface area contributed by atoms with Crippen LogP contribution in [0.3, 0.4) is 0 Å². The number of benzene rings is 1. The SMILES string of the molecule is CCOC(=O)CCN1C(=O)/C(=C\[C@H](CC)N=[N+]=[N-])[C@@H]1c1ccccc1. The van der Waals surface area contributed by atoms with Gasteiger partial charge in [-0.1, -0.05) is 48.4 Å². The molecule has 1 fully saturated rings. The first-order valence-corrected chi connectivity index (χ1v) is 8.39. The molecular weight excluding hydrogens is 320 g/mol. The molecule has 0 unspecified atom stereocenters. The summed E-state index contributed by atoms with van der Waals surface area (Å²) in [6.45, 7) is 4.27. The minimum Gasteiger partial charge on any atom is -0.466 e. The summed E-state index contributed by atoms with van der Waals surface area (Å²) in [6.07, 6.45) is 2.51. The molecule has 1 heterocycles. The lowest BCUT2D eigenvalue weighted by Crippen LogP contribution is -2.50. The zero-order chi connectivity index (χ0) is 18.2. The zero-order valence-corrected chi connectivity index (χ0v) is 14.5. The highest BCUT2D eigenvalue weighted by Gasteiger charge is 2.42. The van der Waals surface area contributed by atoms with Gasteiger partial charge in [0, 0.05) is 17.0 Å². The van der Waals surface area contributed by atoms with E-state index in [9.17, 15) is 9.59 Å². The van der Waals surface area contributed by atoms with Gasteiger partial charge in [-0.2, -0.15) is 0 Å². The van der Waals surface area contributed by atoms with Gasteiger partial charge >= 0.3 is 5.97 Å². The number of rotatable bonds is 8. The van der Waals surface area contributed by atoms with E-state index in [1.165, 1.54) is 0 Å². The van der Waals surface area contributed by atoms with E-state index in [2.05, 4.69) is 10.0 Å². The summed E-state index contributed by atoms with van der Waals surface area (Å²) < 4.78 is 4.93. The fourth-order valence-corrected chi connectivity index (χ4v) is 2.84. The van der Waals surface area contributed by atoms with E-state index in [4.69, 9.17) is 10.3 Å². The van der Waals surface area contributed by atoms with Crippen molar-refractivity contribution in [2.75, 3.05) is 13.2 Å². The molecule has 2 atom stereocenters. The van der Waals surface area contributed by atoms with Crippen LogP contribution >= 0.6 is 0 Å². The van der Waals surface area contributed by atoms with Crippen molar-refractivity contribution in [3.63, 3.8) is 0 Å². The van der Waals surface area contributed by atoms with Gasteiger partial charge in [-0.25, -0.2) is 0 Å². The minimum atomic E-state index is -0.359. The van der Waals surface area contributed by atoms with Crippen molar-refractivity contribution >= 4 is 11.9 Å². The average Bonchev–Trinajstić information content (AvgIpc) is 2.63. The topological polar surface area (TPSA) is 95.4 Å². The van der Waals surface area contributed by atoms with Gasteiger partial charge in [0.05, 0.1) is 25.1 Å². The summed E-state index contributed by atoms with van der Waals surface area (Å²) in [5.41, 5.74) is 10.2. The van der Waals surface area contributed by atoms with Crippen molar-refractivity contribution in [1.29, 1.82) is 0 Å². The van der Waals surface area contributed by atoms with Crippen LogP contribution in [0.15, 0.2) is 47.1 Å².